The van der Waals surface area contributed by atoms with Crippen LogP contribution in [-0.4, -0.2) is 40.3 Å². The number of ketones is 1. The van der Waals surface area contributed by atoms with E-state index in [1.165, 1.54) is 0 Å². The second kappa shape index (κ2) is 7.30. The third-order valence-corrected chi connectivity index (χ3v) is 3.65. The summed E-state index contributed by atoms with van der Waals surface area (Å²) in [6.07, 6.45) is 3.18. The maximum absolute atomic E-state index is 12.3. The molecule has 0 unspecified atom stereocenters. The zero-order valence-corrected chi connectivity index (χ0v) is 13.7. The Hall–Kier alpha value is -0.770. The summed E-state index contributed by atoms with van der Waals surface area (Å²) >= 11 is 5.69. The number of hydrogen-bond acceptors (Lipinski definition) is 3. The molecule has 20 heavy (non-hydrogen) atoms. The van der Waals surface area contributed by atoms with Crippen LogP contribution in [0.15, 0.2) is 0 Å². The van der Waals surface area contributed by atoms with Crippen LogP contribution in [0.2, 0.25) is 0 Å². The molecule has 1 saturated heterocycles. The lowest BCUT2D eigenvalue weighted by molar-refractivity contribution is -0.124. The summed E-state index contributed by atoms with van der Waals surface area (Å²) in [5, 5.41) is 0. The minimum Gasteiger partial charge on any atom is -0.444 e. The number of likely N-dealkylation sites (tertiary alicyclic amines) is 1. The number of amides is 1. The Kier molecular flexibility index (Phi) is 6.31. The maximum atomic E-state index is 12.3. The number of unbranched alkanes of at least 4 members (excludes halogenated alkanes) is 1. The van der Waals surface area contributed by atoms with Gasteiger partial charge >= 0.3 is 6.09 Å². The van der Waals surface area contributed by atoms with Gasteiger partial charge in [0.25, 0.3) is 0 Å². The predicted molar refractivity (Wildman–Crippen MR) is 80.1 cm³/mol. The molecule has 0 aromatic carbocycles. The van der Waals surface area contributed by atoms with Crippen molar-refractivity contribution in [3.63, 3.8) is 0 Å². The molecule has 0 aromatic rings. The van der Waals surface area contributed by atoms with Crippen LogP contribution < -0.4 is 0 Å². The lowest BCUT2D eigenvalue weighted by Crippen LogP contribution is -2.52. The van der Waals surface area contributed by atoms with Gasteiger partial charge in [-0.3, -0.25) is 4.79 Å². The van der Waals surface area contributed by atoms with Gasteiger partial charge in [-0.2, -0.15) is 0 Å². The van der Waals surface area contributed by atoms with Crippen molar-refractivity contribution in [2.75, 3.05) is 5.88 Å². The van der Waals surface area contributed by atoms with Crippen LogP contribution >= 0.6 is 11.6 Å². The molecule has 0 radical (unpaired) electrons. The monoisotopic (exact) mass is 303 g/mol. The molecule has 0 aromatic heterocycles. The standard InChI is InChI=1S/C15H26ClNO3/c1-11-9-13(18)10-12(7-5-6-8-16)17(11)14(19)20-15(2,3)4/h11-12H,5-10H2,1-4H3/t11-,12-/m0/s1. The first kappa shape index (κ1) is 17.3. The highest BCUT2D eigenvalue weighted by molar-refractivity contribution is 6.17. The summed E-state index contributed by atoms with van der Waals surface area (Å²) in [7, 11) is 0. The first-order chi connectivity index (χ1) is 9.24. The zero-order chi connectivity index (χ0) is 15.3. The van der Waals surface area contributed by atoms with Crippen LogP contribution in [0, 0.1) is 0 Å². The van der Waals surface area contributed by atoms with Gasteiger partial charge in [-0.15, -0.1) is 11.6 Å². The lowest BCUT2D eigenvalue weighted by atomic mass is 9.92. The van der Waals surface area contributed by atoms with E-state index in [0.717, 1.165) is 19.3 Å². The lowest BCUT2D eigenvalue weighted by Gasteiger charge is -2.40. The quantitative estimate of drug-likeness (QED) is 0.587. The Bertz CT molecular complexity index is 352. The highest BCUT2D eigenvalue weighted by Gasteiger charge is 2.37. The Balaban J connectivity index is 2.74. The number of rotatable bonds is 4. The van der Waals surface area contributed by atoms with Gasteiger partial charge in [0.05, 0.1) is 0 Å². The van der Waals surface area contributed by atoms with E-state index >= 15 is 0 Å². The average Bonchev–Trinajstić information content (AvgIpc) is 2.25. The van der Waals surface area contributed by atoms with Crippen molar-refractivity contribution in [2.24, 2.45) is 0 Å². The van der Waals surface area contributed by atoms with Crippen molar-refractivity contribution >= 4 is 23.5 Å². The molecule has 0 spiro atoms. The number of nitrogens with zero attached hydrogens (tertiary/aromatic N) is 1. The summed E-state index contributed by atoms with van der Waals surface area (Å²) in [6.45, 7) is 7.48. The first-order valence-electron chi connectivity index (χ1n) is 7.33. The molecule has 0 N–H and O–H groups in total. The van der Waals surface area contributed by atoms with E-state index < -0.39 is 5.60 Å². The Morgan fingerprint density at radius 1 is 1.35 bits per heavy atom. The number of alkyl halides is 1. The van der Waals surface area contributed by atoms with Crippen LogP contribution in [0.5, 0.6) is 0 Å². The molecule has 116 valence electrons. The van der Waals surface area contributed by atoms with Crippen molar-refractivity contribution in [3.8, 4) is 0 Å². The number of carbonyl (C=O) groups excluding carboxylic acids is 2. The van der Waals surface area contributed by atoms with E-state index in [2.05, 4.69) is 0 Å². The molecule has 5 heteroatoms. The fourth-order valence-corrected chi connectivity index (χ4v) is 2.78. The predicted octanol–water partition coefficient (Wildman–Crippen LogP) is 3.75. The van der Waals surface area contributed by atoms with Crippen LogP contribution in [0.1, 0.15) is 59.8 Å². The number of halogens is 1. The van der Waals surface area contributed by atoms with Crippen molar-refractivity contribution in [3.05, 3.63) is 0 Å². The minimum absolute atomic E-state index is 0.0516. The van der Waals surface area contributed by atoms with Crippen LogP contribution in [0.3, 0.4) is 0 Å². The molecule has 1 heterocycles. The third-order valence-electron chi connectivity index (χ3n) is 3.38. The molecular formula is C15H26ClNO3. The molecule has 0 aliphatic carbocycles. The third kappa shape index (κ3) is 5.31. The minimum atomic E-state index is -0.515. The first-order valence-corrected chi connectivity index (χ1v) is 7.87. The molecule has 0 bridgehead atoms. The second-order valence-corrected chi connectivity index (χ2v) is 6.90. The van der Waals surface area contributed by atoms with Gasteiger partial charge in [0, 0.05) is 30.8 Å². The number of carbonyl (C=O) groups is 2. The maximum Gasteiger partial charge on any atom is 0.410 e. The Morgan fingerprint density at radius 3 is 2.55 bits per heavy atom. The smallest absolute Gasteiger partial charge is 0.410 e. The molecule has 1 rings (SSSR count). The molecule has 4 nitrogen and oxygen atoms in total. The summed E-state index contributed by atoms with van der Waals surface area (Å²) < 4.78 is 5.47. The SMILES string of the molecule is C[C@H]1CC(=O)C[C@H](CCCCCl)N1C(=O)OC(C)(C)C. The van der Waals surface area contributed by atoms with E-state index in [9.17, 15) is 9.59 Å². The average molecular weight is 304 g/mol. The van der Waals surface area contributed by atoms with Gasteiger partial charge in [-0.05, 0) is 40.5 Å². The van der Waals surface area contributed by atoms with E-state index in [1.54, 1.807) is 4.90 Å². The van der Waals surface area contributed by atoms with Gasteiger partial charge in [0.15, 0.2) is 0 Å². The van der Waals surface area contributed by atoms with Gasteiger partial charge in [0.2, 0.25) is 0 Å². The largest absolute Gasteiger partial charge is 0.444 e. The number of Topliss-reactive ketones (excluding diaryl/α,β-unsaturated/α-hetero) is 1. The van der Waals surface area contributed by atoms with Crippen molar-refractivity contribution in [1.82, 2.24) is 4.90 Å². The Labute approximate surface area is 126 Å². The van der Waals surface area contributed by atoms with Crippen LogP contribution in [0.25, 0.3) is 0 Å². The number of ether oxygens (including phenoxy) is 1. The van der Waals surface area contributed by atoms with E-state index in [-0.39, 0.29) is 24.0 Å². The fraction of sp³-hybridized carbons (Fsp3) is 0.867. The highest BCUT2D eigenvalue weighted by atomic mass is 35.5. The normalized spacial score (nSPS) is 23.9. The van der Waals surface area contributed by atoms with Gasteiger partial charge in [-0.25, -0.2) is 4.79 Å². The van der Waals surface area contributed by atoms with Crippen molar-refractivity contribution < 1.29 is 14.3 Å². The molecular weight excluding hydrogens is 278 g/mol. The highest BCUT2D eigenvalue weighted by Crippen LogP contribution is 2.26. The van der Waals surface area contributed by atoms with Crippen LogP contribution in [0.4, 0.5) is 4.79 Å². The van der Waals surface area contributed by atoms with Gasteiger partial charge in [0.1, 0.15) is 11.4 Å². The van der Waals surface area contributed by atoms with E-state index in [4.69, 9.17) is 16.3 Å². The molecule has 1 aliphatic heterocycles. The van der Waals surface area contributed by atoms with E-state index in [1.807, 2.05) is 27.7 Å². The second-order valence-electron chi connectivity index (χ2n) is 6.52. The van der Waals surface area contributed by atoms with Gasteiger partial charge in [-0.1, -0.05) is 6.42 Å². The zero-order valence-electron chi connectivity index (χ0n) is 12.9. The topological polar surface area (TPSA) is 46.6 Å². The van der Waals surface area contributed by atoms with E-state index in [0.29, 0.717) is 18.7 Å². The fourth-order valence-electron chi connectivity index (χ4n) is 2.59. The molecule has 2 atom stereocenters. The molecule has 1 fully saturated rings. The molecule has 1 aliphatic rings. The number of piperidine rings is 1. The van der Waals surface area contributed by atoms with Crippen molar-refractivity contribution in [2.45, 2.75) is 77.5 Å². The summed E-state index contributed by atoms with van der Waals surface area (Å²) in [5.74, 6) is 0.844. The number of hydrogen-bond donors (Lipinski definition) is 0. The Morgan fingerprint density at radius 2 is 2.00 bits per heavy atom. The molecule has 1 amide bonds. The van der Waals surface area contributed by atoms with Crippen LogP contribution in [-0.2, 0) is 9.53 Å². The molecule has 0 saturated carbocycles. The summed E-state index contributed by atoms with van der Waals surface area (Å²) in [5.41, 5.74) is -0.515. The summed E-state index contributed by atoms with van der Waals surface area (Å²) in [4.78, 5) is 25.9. The summed E-state index contributed by atoms with van der Waals surface area (Å²) in [6, 6.07) is -0.142. The van der Waals surface area contributed by atoms with Crippen molar-refractivity contribution in [1.29, 1.82) is 0 Å². The van der Waals surface area contributed by atoms with Gasteiger partial charge < -0.3 is 9.64 Å².